The molecule has 0 saturated carbocycles. The largest absolute Gasteiger partial charge is 0.491 e. The highest BCUT2D eigenvalue weighted by atomic mass is 16.5. The van der Waals surface area contributed by atoms with Crippen molar-refractivity contribution in [3.63, 3.8) is 0 Å². The van der Waals surface area contributed by atoms with Gasteiger partial charge in [-0.2, -0.15) is 0 Å². The molecule has 0 amide bonds. The van der Waals surface area contributed by atoms with Crippen LogP contribution in [-0.2, 0) is 11.2 Å². The summed E-state index contributed by atoms with van der Waals surface area (Å²) in [5.74, 6) is -0.338. The number of carboxylic acid groups (broad SMARTS) is 1. The Morgan fingerprint density at radius 3 is 2.74 bits per heavy atom. The first-order chi connectivity index (χ1) is 8.95. The smallest absolute Gasteiger partial charge is 0.309 e. The van der Waals surface area contributed by atoms with Crippen molar-refractivity contribution in [3.8, 4) is 5.75 Å². The van der Waals surface area contributed by atoms with Crippen LogP contribution in [-0.4, -0.2) is 22.2 Å². The van der Waals surface area contributed by atoms with E-state index in [0.29, 0.717) is 22.3 Å². The molecule has 0 aliphatic carbocycles. The summed E-state index contributed by atoms with van der Waals surface area (Å²) in [7, 11) is 0. The number of carbonyl (C=O) groups is 1. The molecule has 0 saturated heterocycles. The van der Waals surface area contributed by atoms with Crippen molar-refractivity contribution in [1.29, 1.82) is 0 Å². The number of hydrogen-bond donors (Lipinski definition) is 2. The van der Waals surface area contributed by atoms with Crippen LogP contribution in [0.15, 0.2) is 29.1 Å². The second-order valence-electron chi connectivity index (χ2n) is 4.60. The van der Waals surface area contributed by atoms with Crippen LogP contribution in [0.25, 0.3) is 10.9 Å². The average Bonchev–Trinajstić information content (AvgIpc) is 2.26. The Morgan fingerprint density at radius 1 is 1.37 bits per heavy atom. The van der Waals surface area contributed by atoms with Gasteiger partial charge in [0.15, 0.2) is 5.43 Å². The highest BCUT2D eigenvalue weighted by Gasteiger charge is 2.07. The van der Waals surface area contributed by atoms with Crippen LogP contribution in [0.2, 0.25) is 0 Å². The summed E-state index contributed by atoms with van der Waals surface area (Å²) >= 11 is 0. The number of fused-ring (bicyclic) bond motifs is 1. The van der Waals surface area contributed by atoms with Gasteiger partial charge in [-0.1, -0.05) is 0 Å². The molecule has 0 bridgehead atoms. The van der Waals surface area contributed by atoms with Crippen LogP contribution in [0.4, 0.5) is 0 Å². The van der Waals surface area contributed by atoms with Gasteiger partial charge in [0.25, 0.3) is 0 Å². The molecule has 2 rings (SSSR count). The van der Waals surface area contributed by atoms with Crippen LogP contribution < -0.4 is 10.2 Å². The van der Waals surface area contributed by atoms with Gasteiger partial charge in [-0.25, -0.2) is 0 Å². The molecule has 0 fully saturated rings. The van der Waals surface area contributed by atoms with Crippen LogP contribution in [0.5, 0.6) is 5.75 Å². The van der Waals surface area contributed by atoms with Gasteiger partial charge in [0.2, 0.25) is 0 Å². The zero-order chi connectivity index (χ0) is 14.0. The number of nitrogens with one attached hydrogen (secondary N) is 1. The monoisotopic (exact) mass is 261 g/mol. The summed E-state index contributed by atoms with van der Waals surface area (Å²) in [5.41, 5.74) is 0.773. The van der Waals surface area contributed by atoms with E-state index in [4.69, 9.17) is 9.84 Å². The summed E-state index contributed by atoms with van der Waals surface area (Å²) in [6.07, 6.45) is -0.174. The van der Waals surface area contributed by atoms with E-state index in [0.717, 1.165) is 0 Å². The molecule has 100 valence electrons. The standard InChI is InChI=1S/C14H15NO4/c1-8(2)19-10-3-4-11-12(7-10)15-9(5-13(11)16)6-14(17)18/h3-5,7-8H,6H2,1-2H3,(H,15,16)(H,17,18). The highest BCUT2D eigenvalue weighted by Crippen LogP contribution is 2.18. The van der Waals surface area contributed by atoms with E-state index >= 15 is 0 Å². The third-order valence-electron chi connectivity index (χ3n) is 2.57. The zero-order valence-electron chi connectivity index (χ0n) is 10.8. The van der Waals surface area contributed by atoms with Crippen molar-refractivity contribution in [2.45, 2.75) is 26.4 Å². The van der Waals surface area contributed by atoms with Crippen LogP contribution in [0.1, 0.15) is 19.5 Å². The van der Waals surface area contributed by atoms with Gasteiger partial charge < -0.3 is 14.8 Å². The molecule has 0 aliphatic heterocycles. The second-order valence-corrected chi connectivity index (χ2v) is 4.60. The van der Waals surface area contributed by atoms with Gasteiger partial charge in [0.1, 0.15) is 5.75 Å². The maximum Gasteiger partial charge on any atom is 0.309 e. The third-order valence-corrected chi connectivity index (χ3v) is 2.57. The van der Waals surface area contributed by atoms with Gasteiger partial charge >= 0.3 is 5.97 Å². The minimum absolute atomic E-state index is 0.0337. The summed E-state index contributed by atoms with van der Waals surface area (Å²) in [6, 6.07) is 6.44. The lowest BCUT2D eigenvalue weighted by molar-refractivity contribution is -0.136. The first-order valence-corrected chi connectivity index (χ1v) is 6.00. The van der Waals surface area contributed by atoms with Crippen molar-refractivity contribution < 1.29 is 14.6 Å². The summed E-state index contributed by atoms with van der Waals surface area (Å²) in [4.78, 5) is 25.5. The number of carboxylic acids is 1. The highest BCUT2D eigenvalue weighted by molar-refractivity contribution is 5.81. The van der Waals surface area contributed by atoms with Crippen molar-refractivity contribution in [2.75, 3.05) is 0 Å². The molecule has 0 spiro atoms. The molecular weight excluding hydrogens is 246 g/mol. The first kappa shape index (κ1) is 13.1. The fraction of sp³-hybridized carbons (Fsp3) is 0.286. The van der Waals surface area contributed by atoms with Gasteiger partial charge in [0, 0.05) is 23.2 Å². The van der Waals surface area contributed by atoms with Crippen molar-refractivity contribution >= 4 is 16.9 Å². The number of hydrogen-bond acceptors (Lipinski definition) is 3. The topological polar surface area (TPSA) is 79.4 Å². The number of ether oxygens (including phenoxy) is 1. The number of pyridine rings is 1. The summed E-state index contributed by atoms with van der Waals surface area (Å²) in [6.45, 7) is 3.82. The number of H-pyrrole nitrogens is 1. The fourth-order valence-electron chi connectivity index (χ4n) is 1.89. The first-order valence-electron chi connectivity index (χ1n) is 6.00. The Labute approximate surface area is 109 Å². The molecule has 0 aliphatic rings. The molecule has 5 nitrogen and oxygen atoms in total. The molecule has 5 heteroatoms. The van der Waals surface area contributed by atoms with E-state index < -0.39 is 5.97 Å². The van der Waals surface area contributed by atoms with Gasteiger partial charge in [-0.05, 0) is 26.0 Å². The molecule has 0 atom stereocenters. The van der Waals surface area contributed by atoms with E-state index in [1.807, 2.05) is 13.8 Å². The summed E-state index contributed by atoms with van der Waals surface area (Å²) < 4.78 is 5.54. The van der Waals surface area contributed by atoms with Gasteiger partial charge in [0.05, 0.1) is 18.0 Å². The Balaban J connectivity index is 2.50. The van der Waals surface area contributed by atoms with Gasteiger partial charge in [-0.3, -0.25) is 9.59 Å². The lowest BCUT2D eigenvalue weighted by Gasteiger charge is -2.10. The van der Waals surface area contributed by atoms with Crippen LogP contribution >= 0.6 is 0 Å². The minimum Gasteiger partial charge on any atom is -0.491 e. The number of rotatable bonds is 4. The predicted molar refractivity (Wildman–Crippen MR) is 71.7 cm³/mol. The molecular formula is C14H15NO4. The van der Waals surface area contributed by atoms with Crippen LogP contribution in [0, 0.1) is 0 Å². The quantitative estimate of drug-likeness (QED) is 0.881. The average molecular weight is 261 g/mol. The molecule has 0 radical (unpaired) electrons. The lowest BCUT2D eigenvalue weighted by atomic mass is 10.1. The predicted octanol–water partition coefficient (Wildman–Crippen LogP) is 1.94. The minimum atomic E-state index is -0.982. The second kappa shape index (κ2) is 5.14. The number of aromatic nitrogens is 1. The molecule has 0 unspecified atom stereocenters. The molecule has 1 aromatic heterocycles. The summed E-state index contributed by atoms with van der Waals surface area (Å²) in [5, 5.41) is 9.28. The SMILES string of the molecule is CC(C)Oc1ccc2c(=O)cc(CC(=O)O)[nH]c2c1. The van der Waals surface area contributed by atoms with E-state index in [1.165, 1.54) is 6.07 Å². The Bertz CT molecular complexity index is 673. The Morgan fingerprint density at radius 2 is 2.11 bits per heavy atom. The Kier molecular flexibility index (Phi) is 3.55. The number of benzene rings is 1. The van der Waals surface area contributed by atoms with E-state index in [9.17, 15) is 9.59 Å². The number of aromatic amines is 1. The maximum atomic E-state index is 11.9. The molecule has 1 aromatic carbocycles. The molecule has 2 N–H and O–H groups in total. The molecule has 1 heterocycles. The van der Waals surface area contributed by atoms with Crippen LogP contribution in [0.3, 0.4) is 0 Å². The van der Waals surface area contributed by atoms with Crippen molar-refractivity contribution in [1.82, 2.24) is 4.98 Å². The van der Waals surface area contributed by atoms with Gasteiger partial charge in [-0.15, -0.1) is 0 Å². The van der Waals surface area contributed by atoms with E-state index in [-0.39, 0.29) is 18.0 Å². The zero-order valence-corrected chi connectivity index (χ0v) is 10.8. The normalized spacial score (nSPS) is 10.9. The molecule has 2 aromatic rings. The van der Waals surface area contributed by atoms with E-state index in [1.54, 1.807) is 18.2 Å². The van der Waals surface area contributed by atoms with Crippen molar-refractivity contribution in [3.05, 3.63) is 40.2 Å². The fourth-order valence-corrected chi connectivity index (χ4v) is 1.89. The Hall–Kier alpha value is -2.30. The lowest BCUT2D eigenvalue weighted by Crippen LogP contribution is -2.10. The van der Waals surface area contributed by atoms with Crippen molar-refractivity contribution in [2.24, 2.45) is 0 Å². The number of aliphatic carboxylic acids is 1. The molecule has 19 heavy (non-hydrogen) atoms. The van der Waals surface area contributed by atoms with E-state index in [2.05, 4.69) is 4.98 Å². The maximum absolute atomic E-state index is 11.9. The third kappa shape index (κ3) is 3.13.